The summed E-state index contributed by atoms with van der Waals surface area (Å²) in [6.45, 7) is 0. The van der Waals surface area contributed by atoms with Crippen LogP contribution in [0.25, 0.3) is 48.6 Å². The number of anilines is 2. The molecule has 150 valence electrons. The molecule has 1 aliphatic heterocycles. The molecule has 32 heavy (non-hydrogen) atoms. The van der Waals surface area contributed by atoms with E-state index in [2.05, 4.69) is 121 Å². The molecule has 1 N–H and O–H groups in total. The highest BCUT2D eigenvalue weighted by molar-refractivity contribution is 7.66. The Morgan fingerprint density at radius 3 is 2.06 bits per heavy atom. The first-order valence-electron chi connectivity index (χ1n) is 11.0. The Labute approximate surface area is 188 Å². The van der Waals surface area contributed by atoms with Gasteiger partial charge in [0.1, 0.15) is 0 Å². The van der Waals surface area contributed by atoms with Crippen LogP contribution >= 0.6 is 7.53 Å². The summed E-state index contributed by atoms with van der Waals surface area (Å²) in [6, 6.07) is 42.2. The number of para-hydroxylation sites is 2. The van der Waals surface area contributed by atoms with Gasteiger partial charge in [0.05, 0.1) is 0 Å². The van der Waals surface area contributed by atoms with Crippen molar-refractivity contribution in [2.24, 2.45) is 0 Å². The fourth-order valence-corrected chi connectivity index (χ4v) is 7.94. The largest absolute Gasteiger partial charge is 0.355 e. The Kier molecular flexibility index (Phi) is 3.82. The highest BCUT2D eigenvalue weighted by Gasteiger charge is 2.27. The summed E-state index contributed by atoms with van der Waals surface area (Å²) < 4.78 is 0. The molecule has 2 heterocycles. The topological polar surface area (TPSA) is 12.0 Å². The van der Waals surface area contributed by atoms with Crippen LogP contribution in [0.1, 0.15) is 0 Å². The molecule has 0 radical (unpaired) electrons. The van der Waals surface area contributed by atoms with Gasteiger partial charge in [-0.3, -0.25) is 0 Å². The number of rotatable bonds is 1. The number of benzene rings is 5. The highest BCUT2D eigenvalue weighted by Crippen LogP contribution is 2.63. The van der Waals surface area contributed by atoms with E-state index < -0.39 is 7.53 Å². The van der Waals surface area contributed by atoms with Crippen molar-refractivity contribution in [3.63, 3.8) is 0 Å². The first-order valence-corrected chi connectivity index (χ1v) is 12.3. The van der Waals surface area contributed by atoms with E-state index in [1.807, 2.05) is 0 Å². The summed E-state index contributed by atoms with van der Waals surface area (Å²) in [4.78, 5) is 0. The minimum absolute atomic E-state index is 0.675. The Balaban J connectivity index is 1.68. The molecule has 2 heteroatoms. The van der Waals surface area contributed by atoms with Crippen molar-refractivity contribution in [2.45, 2.75) is 0 Å². The zero-order valence-corrected chi connectivity index (χ0v) is 18.3. The predicted octanol–water partition coefficient (Wildman–Crippen LogP) is 9.36. The first kappa shape index (κ1) is 17.8. The summed E-state index contributed by atoms with van der Waals surface area (Å²) in [5.74, 6) is 0. The molecule has 5 aromatic carbocycles. The van der Waals surface area contributed by atoms with Crippen LogP contribution in [0.5, 0.6) is 0 Å². The molecule has 0 bridgehead atoms. The zero-order chi connectivity index (χ0) is 21.1. The predicted molar refractivity (Wildman–Crippen MR) is 140 cm³/mol. The van der Waals surface area contributed by atoms with Crippen molar-refractivity contribution in [3.8, 4) is 27.3 Å². The molecule has 0 fully saturated rings. The molecule has 0 amide bonds. The minimum atomic E-state index is -0.675. The van der Waals surface area contributed by atoms with E-state index in [9.17, 15) is 0 Å². The Morgan fingerprint density at radius 2 is 1.19 bits per heavy atom. The molecule has 0 saturated carbocycles. The summed E-state index contributed by atoms with van der Waals surface area (Å²) in [5.41, 5.74) is 6.35. The van der Waals surface area contributed by atoms with Gasteiger partial charge in [-0.15, -0.1) is 0 Å². The minimum Gasteiger partial charge on any atom is -0.355 e. The summed E-state index contributed by atoms with van der Waals surface area (Å²) in [7, 11) is -0.675. The lowest BCUT2D eigenvalue weighted by Crippen LogP contribution is -1.91. The van der Waals surface area contributed by atoms with Crippen LogP contribution in [0.15, 0.2) is 115 Å². The number of fused-ring (bicyclic) bond motifs is 8. The summed E-state index contributed by atoms with van der Waals surface area (Å²) in [5, 5.41) is 12.0. The molecule has 0 saturated heterocycles. The van der Waals surface area contributed by atoms with Crippen LogP contribution in [0.3, 0.4) is 0 Å². The van der Waals surface area contributed by atoms with Gasteiger partial charge < -0.3 is 5.32 Å². The van der Waals surface area contributed by atoms with Crippen molar-refractivity contribution >= 4 is 40.2 Å². The van der Waals surface area contributed by atoms with Crippen LogP contribution in [-0.2, 0) is 0 Å². The van der Waals surface area contributed by atoms with Crippen molar-refractivity contribution in [1.82, 2.24) is 0 Å². The molecule has 0 aliphatic carbocycles. The average Bonchev–Trinajstić information content (AvgIpc) is 3.11. The quantitative estimate of drug-likeness (QED) is 0.276. The maximum Gasteiger partial charge on any atom is 0.0467 e. The van der Waals surface area contributed by atoms with Gasteiger partial charge in [0.25, 0.3) is 0 Å². The van der Waals surface area contributed by atoms with Gasteiger partial charge in [-0.05, 0) is 39.7 Å². The van der Waals surface area contributed by atoms with E-state index in [0.717, 1.165) is 0 Å². The highest BCUT2D eigenvalue weighted by atomic mass is 31.1. The van der Waals surface area contributed by atoms with Crippen molar-refractivity contribution in [3.05, 3.63) is 115 Å². The van der Waals surface area contributed by atoms with Gasteiger partial charge in [0.15, 0.2) is 0 Å². The molecule has 7 rings (SSSR count). The fraction of sp³-hybridized carbons (Fsp3) is 0. The smallest absolute Gasteiger partial charge is 0.0467 e. The summed E-state index contributed by atoms with van der Waals surface area (Å²) >= 11 is 0. The zero-order valence-electron chi connectivity index (χ0n) is 17.4. The first-order chi connectivity index (χ1) is 15.9. The number of nitrogens with one attached hydrogen (secondary N) is 1. The maximum atomic E-state index is 3.73. The van der Waals surface area contributed by atoms with Crippen LogP contribution in [0, 0.1) is 0 Å². The Bertz CT molecular complexity index is 1660. The second-order valence-electron chi connectivity index (χ2n) is 8.32. The number of hydrogen-bond acceptors (Lipinski definition) is 1. The lowest BCUT2D eigenvalue weighted by atomic mass is 9.99. The second kappa shape index (κ2) is 6.85. The second-order valence-corrected chi connectivity index (χ2v) is 10.4. The van der Waals surface area contributed by atoms with Gasteiger partial charge in [0.2, 0.25) is 0 Å². The lowest BCUT2D eigenvalue weighted by molar-refractivity contribution is 1.57. The normalized spacial score (nSPS) is 12.6. The monoisotopic (exact) mass is 425 g/mol. The Morgan fingerprint density at radius 1 is 0.531 bits per heavy atom. The van der Waals surface area contributed by atoms with Gasteiger partial charge in [-0.1, -0.05) is 105 Å². The number of hydrogen-bond donors (Lipinski definition) is 1. The van der Waals surface area contributed by atoms with Gasteiger partial charge in [0, 0.05) is 38.5 Å². The summed E-state index contributed by atoms with van der Waals surface area (Å²) in [6.07, 6.45) is 0. The van der Waals surface area contributed by atoms with Crippen LogP contribution < -0.4 is 5.32 Å². The molecule has 1 aromatic heterocycles. The van der Waals surface area contributed by atoms with Crippen molar-refractivity contribution < 1.29 is 0 Å². The van der Waals surface area contributed by atoms with Gasteiger partial charge in [-0.2, -0.15) is 0 Å². The molecule has 1 aliphatic rings. The van der Waals surface area contributed by atoms with Crippen LogP contribution in [0.2, 0.25) is 0 Å². The van der Waals surface area contributed by atoms with E-state index in [0.29, 0.717) is 0 Å². The van der Waals surface area contributed by atoms with Crippen LogP contribution in [0.4, 0.5) is 11.4 Å². The van der Waals surface area contributed by atoms with Crippen LogP contribution in [-0.4, -0.2) is 0 Å². The van der Waals surface area contributed by atoms with E-state index in [1.165, 1.54) is 59.9 Å². The third kappa shape index (κ3) is 2.52. The van der Waals surface area contributed by atoms with Gasteiger partial charge >= 0.3 is 0 Å². The molecule has 1 unspecified atom stereocenters. The van der Waals surface area contributed by atoms with E-state index in [1.54, 1.807) is 0 Å². The third-order valence-corrected chi connectivity index (χ3v) is 9.09. The molecule has 0 spiro atoms. The van der Waals surface area contributed by atoms with E-state index in [4.69, 9.17) is 0 Å². The van der Waals surface area contributed by atoms with Gasteiger partial charge in [-0.25, -0.2) is 0 Å². The molecule has 1 nitrogen and oxygen atoms in total. The molecule has 6 aromatic rings. The third-order valence-electron chi connectivity index (χ3n) is 6.51. The fourth-order valence-electron chi connectivity index (χ4n) is 5.11. The average molecular weight is 425 g/mol. The standard InChI is InChI=1S/C30H20NP/c1-2-10-21-19-22(18-17-20(21)9-1)32-28-16-8-5-13-25(28)29-23-11-3-6-14-26(23)31-27-15-7-4-12-24(27)30(29)32/h1-19,31H. The van der Waals surface area contributed by atoms with E-state index >= 15 is 0 Å². The SMILES string of the molecule is c1ccc2c(c1)Nc1ccccc1-c1c-2c2ccccc2p1-c1ccc2ccccc2c1. The molecule has 1 atom stereocenters. The molecular formula is C30H20NP. The Hall–Kier alpha value is -3.80. The lowest BCUT2D eigenvalue weighted by Gasteiger charge is -2.12. The van der Waals surface area contributed by atoms with E-state index in [-0.39, 0.29) is 0 Å². The van der Waals surface area contributed by atoms with Crippen molar-refractivity contribution in [1.29, 1.82) is 0 Å². The van der Waals surface area contributed by atoms with Crippen molar-refractivity contribution in [2.75, 3.05) is 5.32 Å². The molecular weight excluding hydrogens is 405 g/mol. The maximum absolute atomic E-state index is 3.73.